The van der Waals surface area contributed by atoms with Crippen LogP contribution in [0.15, 0.2) is 53.9 Å². The Morgan fingerprint density at radius 2 is 1.83 bits per heavy atom. The molecule has 9 heteroatoms. The van der Waals surface area contributed by atoms with Crippen LogP contribution in [0.1, 0.15) is 40.0 Å². The summed E-state index contributed by atoms with van der Waals surface area (Å²) in [5, 5.41) is 7.00. The molecule has 0 bridgehead atoms. The van der Waals surface area contributed by atoms with Gasteiger partial charge in [-0.05, 0) is 68.8 Å². The molecule has 1 amide bonds. The molecule has 3 rings (SSSR count). The van der Waals surface area contributed by atoms with Gasteiger partial charge in [0.1, 0.15) is 12.7 Å². The Kier molecular flexibility index (Phi) is 5.81. The normalized spacial score (nSPS) is 12.6. The summed E-state index contributed by atoms with van der Waals surface area (Å²) in [5.74, 6) is -0.339. The van der Waals surface area contributed by atoms with Crippen molar-refractivity contribution in [3.05, 3.63) is 71.3 Å². The summed E-state index contributed by atoms with van der Waals surface area (Å²) in [6.45, 7) is 5.38. The largest absolute Gasteiger partial charge is 0.346 e. The molecule has 8 nitrogen and oxygen atoms in total. The monoisotopic (exact) mass is 413 g/mol. The average Bonchev–Trinajstić information content (AvgIpc) is 3.24. The number of aryl methyl sites for hydroxylation is 1. The lowest BCUT2D eigenvalue weighted by Gasteiger charge is -2.17. The molecule has 1 aromatic heterocycles. The highest BCUT2D eigenvalue weighted by Gasteiger charge is 2.20. The number of hydrogen-bond donors (Lipinski definition) is 2. The Bertz CT molecular complexity index is 1120. The summed E-state index contributed by atoms with van der Waals surface area (Å²) in [6, 6.07) is 10.4. The third-order valence-corrected chi connectivity index (χ3v) is 6.40. The van der Waals surface area contributed by atoms with Gasteiger partial charge in [-0.15, -0.1) is 0 Å². The Hall–Kier alpha value is -3.04. The molecule has 152 valence electrons. The van der Waals surface area contributed by atoms with E-state index in [4.69, 9.17) is 0 Å². The molecule has 3 aromatic rings. The van der Waals surface area contributed by atoms with E-state index in [1.54, 1.807) is 30.9 Å². The van der Waals surface area contributed by atoms with Crippen LogP contribution >= 0.6 is 0 Å². The highest BCUT2D eigenvalue weighted by Crippen LogP contribution is 2.22. The molecule has 0 spiro atoms. The van der Waals surface area contributed by atoms with Crippen LogP contribution in [-0.2, 0) is 10.0 Å². The second kappa shape index (κ2) is 8.14. The van der Waals surface area contributed by atoms with Crippen molar-refractivity contribution in [3.8, 4) is 5.69 Å². The summed E-state index contributed by atoms with van der Waals surface area (Å²) in [7, 11) is -2.31. The van der Waals surface area contributed by atoms with Crippen molar-refractivity contribution in [2.24, 2.45) is 0 Å². The highest BCUT2D eigenvalue weighted by molar-refractivity contribution is 7.89. The number of hydrogen-bond acceptors (Lipinski definition) is 5. The standard InChI is InChI=1S/C20H23N5O3S/c1-13-9-17(10-19(14(13)2)29(27,28)21-4)20(26)24-15(3)16-5-7-18(8-6-16)25-12-22-11-23-25/h5-12,15,21H,1-4H3,(H,24,26). The molecule has 1 heterocycles. The van der Waals surface area contributed by atoms with Crippen LogP contribution in [0.2, 0.25) is 0 Å². The predicted molar refractivity (Wildman–Crippen MR) is 109 cm³/mol. The third kappa shape index (κ3) is 4.36. The number of nitrogens with one attached hydrogen (secondary N) is 2. The topological polar surface area (TPSA) is 106 Å². The minimum absolute atomic E-state index is 0.106. The van der Waals surface area contributed by atoms with E-state index in [0.29, 0.717) is 11.1 Å². The van der Waals surface area contributed by atoms with Gasteiger partial charge in [0.15, 0.2) is 0 Å². The summed E-state index contributed by atoms with van der Waals surface area (Å²) in [5.41, 5.74) is 3.42. The van der Waals surface area contributed by atoms with Gasteiger partial charge >= 0.3 is 0 Å². The van der Waals surface area contributed by atoms with Crippen molar-refractivity contribution in [1.29, 1.82) is 0 Å². The second-order valence-electron chi connectivity index (χ2n) is 6.75. The number of rotatable bonds is 6. The van der Waals surface area contributed by atoms with Crippen LogP contribution in [0.5, 0.6) is 0 Å². The zero-order chi connectivity index (χ0) is 21.2. The van der Waals surface area contributed by atoms with Crippen molar-refractivity contribution in [3.63, 3.8) is 0 Å². The predicted octanol–water partition coefficient (Wildman–Crippen LogP) is 2.28. The van der Waals surface area contributed by atoms with E-state index in [0.717, 1.165) is 16.8 Å². The van der Waals surface area contributed by atoms with E-state index in [2.05, 4.69) is 20.1 Å². The van der Waals surface area contributed by atoms with Crippen molar-refractivity contribution >= 4 is 15.9 Å². The lowest BCUT2D eigenvalue weighted by molar-refractivity contribution is 0.0939. The van der Waals surface area contributed by atoms with Gasteiger partial charge in [-0.2, -0.15) is 5.10 Å². The van der Waals surface area contributed by atoms with Gasteiger partial charge in [0, 0.05) is 5.56 Å². The van der Waals surface area contributed by atoms with E-state index in [9.17, 15) is 13.2 Å². The molecule has 0 radical (unpaired) electrons. The van der Waals surface area contributed by atoms with Gasteiger partial charge in [0.05, 0.1) is 16.6 Å². The maximum Gasteiger partial charge on any atom is 0.251 e. The number of nitrogens with zero attached hydrogens (tertiary/aromatic N) is 3. The quantitative estimate of drug-likeness (QED) is 0.645. The maximum absolute atomic E-state index is 12.8. The Morgan fingerprint density at radius 1 is 1.14 bits per heavy atom. The lowest BCUT2D eigenvalue weighted by atomic mass is 10.0. The van der Waals surface area contributed by atoms with Gasteiger partial charge in [-0.1, -0.05) is 12.1 Å². The van der Waals surface area contributed by atoms with Gasteiger partial charge in [0.2, 0.25) is 10.0 Å². The molecule has 2 N–H and O–H groups in total. The molecule has 29 heavy (non-hydrogen) atoms. The van der Waals surface area contributed by atoms with E-state index in [-0.39, 0.29) is 16.8 Å². The maximum atomic E-state index is 12.8. The number of amides is 1. The molecule has 1 atom stereocenters. The van der Waals surface area contributed by atoms with Crippen LogP contribution < -0.4 is 10.0 Å². The number of aromatic nitrogens is 3. The molecule has 0 saturated carbocycles. The van der Waals surface area contributed by atoms with Gasteiger partial charge in [-0.3, -0.25) is 4.79 Å². The lowest BCUT2D eigenvalue weighted by Crippen LogP contribution is -2.27. The van der Waals surface area contributed by atoms with Crippen molar-refractivity contribution < 1.29 is 13.2 Å². The average molecular weight is 414 g/mol. The smallest absolute Gasteiger partial charge is 0.251 e. The first-order valence-electron chi connectivity index (χ1n) is 9.03. The molecule has 0 aliphatic rings. The fraction of sp³-hybridized carbons (Fsp3) is 0.250. The van der Waals surface area contributed by atoms with Gasteiger partial charge in [0.25, 0.3) is 5.91 Å². The number of benzene rings is 2. The Balaban J connectivity index is 1.81. The first kappa shape index (κ1) is 20.7. The summed E-state index contributed by atoms with van der Waals surface area (Å²) < 4.78 is 28.5. The molecule has 1 unspecified atom stereocenters. The minimum Gasteiger partial charge on any atom is -0.346 e. The molecular weight excluding hydrogens is 390 g/mol. The Labute approximate surface area is 170 Å². The number of carbonyl (C=O) groups is 1. The first-order valence-corrected chi connectivity index (χ1v) is 10.5. The number of sulfonamides is 1. The van der Waals surface area contributed by atoms with Crippen molar-refractivity contribution in [2.45, 2.75) is 31.7 Å². The number of carbonyl (C=O) groups excluding carboxylic acids is 1. The second-order valence-corrected chi connectivity index (χ2v) is 8.61. The molecule has 0 aliphatic carbocycles. The fourth-order valence-corrected chi connectivity index (χ4v) is 4.03. The summed E-state index contributed by atoms with van der Waals surface area (Å²) >= 11 is 0. The molecule has 0 aliphatic heterocycles. The zero-order valence-electron chi connectivity index (χ0n) is 16.7. The van der Waals surface area contributed by atoms with Crippen LogP contribution in [0.25, 0.3) is 5.69 Å². The SMILES string of the molecule is CNS(=O)(=O)c1cc(C(=O)NC(C)c2ccc(-n3cncn3)cc2)cc(C)c1C. The summed E-state index contributed by atoms with van der Waals surface area (Å²) in [4.78, 5) is 16.8. The minimum atomic E-state index is -3.66. The van der Waals surface area contributed by atoms with Crippen LogP contribution in [0.4, 0.5) is 0 Å². The molecule has 0 fully saturated rings. The van der Waals surface area contributed by atoms with E-state index < -0.39 is 10.0 Å². The van der Waals surface area contributed by atoms with Crippen LogP contribution in [0.3, 0.4) is 0 Å². The fourth-order valence-electron chi connectivity index (χ4n) is 2.97. The van der Waals surface area contributed by atoms with Crippen molar-refractivity contribution in [2.75, 3.05) is 7.05 Å². The van der Waals surface area contributed by atoms with E-state index in [1.807, 2.05) is 31.2 Å². The van der Waals surface area contributed by atoms with Crippen molar-refractivity contribution in [1.82, 2.24) is 24.8 Å². The van der Waals surface area contributed by atoms with E-state index in [1.165, 1.54) is 19.4 Å². The molecule has 0 saturated heterocycles. The Morgan fingerprint density at radius 3 is 2.41 bits per heavy atom. The molecule has 2 aromatic carbocycles. The van der Waals surface area contributed by atoms with Gasteiger partial charge < -0.3 is 5.32 Å². The van der Waals surface area contributed by atoms with Crippen LogP contribution in [0, 0.1) is 13.8 Å². The third-order valence-electron chi connectivity index (χ3n) is 4.86. The zero-order valence-corrected chi connectivity index (χ0v) is 17.5. The molecular formula is C20H23N5O3S. The van der Waals surface area contributed by atoms with Gasteiger partial charge in [-0.25, -0.2) is 22.8 Å². The van der Waals surface area contributed by atoms with E-state index >= 15 is 0 Å². The first-order chi connectivity index (χ1) is 13.7. The highest BCUT2D eigenvalue weighted by atomic mass is 32.2. The van der Waals surface area contributed by atoms with Crippen LogP contribution in [-0.4, -0.2) is 36.1 Å². The summed E-state index contributed by atoms with van der Waals surface area (Å²) in [6.07, 6.45) is 3.07.